The van der Waals surface area contributed by atoms with Crippen molar-refractivity contribution in [1.82, 2.24) is 4.90 Å². The first kappa shape index (κ1) is 59.7. The predicted octanol–water partition coefficient (Wildman–Crippen LogP) is 13.2. The van der Waals surface area contributed by atoms with Crippen molar-refractivity contribution < 1.29 is 38.4 Å². The Morgan fingerprint density at radius 3 is 1.07 bits per heavy atom. The van der Waals surface area contributed by atoms with E-state index in [1.807, 2.05) is 0 Å². The SMILES string of the molecule is CCCCCCCCC(CCCCCC)C(=O)OCCCCCCN(CCCCCCOC(=O)C(CCCCCC)CCCCCCCC)CCOCCOCCOCCO. The van der Waals surface area contributed by atoms with Gasteiger partial charge in [-0.05, 0) is 64.5 Å². The fourth-order valence-electron chi connectivity index (χ4n) is 8.04. The van der Waals surface area contributed by atoms with Gasteiger partial charge in [-0.25, -0.2) is 0 Å². The van der Waals surface area contributed by atoms with E-state index >= 15 is 0 Å². The van der Waals surface area contributed by atoms with Gasteiger partial charge in [-0.2, -0.15) is 0 Å². The Balaban J connectivity index is 4.66. The Hall–Kier alpha value is -1.26. The average Bonchev–Trinajstić information content (AvgIpc) is 3.26. The number of aliphatic hydroxyl groups is 1. The second kappa shape index (κ2) is 49.8. The molecule has 61 heavy (non-hydrogen) atoms. The molecule has 0 saturated heterocycles. The minimum absolute atomic E-state index is 0.0304. The Morgan fingerprint density at radius 1 is 0.361 bits per heavy atom. The lowest BCUT2D eigenvalue weighted by atomic mass is 9.94. The Morgan fingerprint density at radius 2 is 0.672 bits per heavy atom. The van der Waals surface area contributed by atoms with Gasteiger partial charge in [0.1, 0.15) is 0 Å². The molecule has 9 nitrogen and oxygen atoms in total. The van der Waals surface area contributed by atoms with Gasteiger partial charge < -0.3 is 33.7 Å². The summed E-state index contributed by atoms with van der Waals surface area (Å²) in [4.78, 5) is 28.7. The third-order valence-corrected chi connectivity index (χ3v) is 12.0. The first-order chi connectivity index (χ1) is 30.0. The molecule has 0 saturated carbocycles. The maximum atomic E-state index is 13.1. The molecule has 9 heteroatoms. The van der Waals surface area contributed by atoms with Gasteiger partial charge in [0, 0.05) is 6.54 Å². The maximum Gasteiger partial charge on any atom is 0.308 e. The van der Waals surface area contributed by atoms with E-state index in [1.54, 1.807) is 0 Å². The molecule has 0 bridgehead atoms. The van der Waals surface area contributed by atoms with Crippen LogP contribution in [0.4, 0.5) is 0 Å². The standard InChI is InChI=1S/C52H103NO8/c1-5-9-13-17-19-27-35-49(33-25-15-11-7-3)51(55)60-41-31-23-21-29-37-53(39-43-57-45-47-59-48-46-58-44-40-54)38-30-22-24-32-42-61-52(56)50(34-26-16-12-8-4)36-28-20-18-14-10-6-2/h49-50,54H,5-48H2,1-4H3. The second-order valence-electron chi connectivity index (χ2n) is 17.8. The molecular weight excluding hydrogens is 767 g/mol. The van der Waals surface area contributed by atoms with Crippen molar-refractivity contribution in [3.63, 3.8) is 0 Å². The summed E-state index contributed by atoms with van der Waals surface area (Å²) in [5.41, 5.74) is 0. The second-order valence-corrected chi connectivity index (χ2v) is 17.8. The number of carbonyl (C=O) groups is 2. The van der Waals surface area contributed by atoms with Crippen molar-refractivity contribution in [2.24, 2.45) is 11.8 Å². The molecule has 0 heterocycles. The maximum absolute atomic E-state index is 13.1. The van der Waals surface area contributed by atoms with Crippen molar-refractivity contribution >= 4 is 11.9 Å². The molecular formula is C52H103NO8. The summed E-state index contributed by atoms with van der Waals surface area (Å²) >= 11 is 0. The molecule has 2 unspecified atom stereocenters. The van der Waals surface area contributed by atoms with Gasteiger partial charge in [0.25, 0.3) is 0 Å². The molecule has 0 rings (SSSR count). The van der Waals surface area contributed by atoms with Crippen molar-refractivity contribution in [3.8, 4) is 0 Å². The van der Waals surface area contributed by atoms with Crippen molar-refractivity contribution in [2.75, 3.05) is 79.1 Å². The zero-order chi connectivity index (χ0) is 44.5. The molecule has 0 radical (unpaired) electrons. The first-order valence-electron chi connectivity index (χ1n) is 26.4. The Bertz CT molecular complexity index is 833. The zero-order valence-corrected chi connectivity index (χ0v) is 41.0. The van der Waals surface area contributed by atoms with Gasteiger partial charge in [0.2, 0.25) is 0 Å². The number of unbranched alkanes of at least 4 members (excludes halogenated alkanes) is 22. The molecule has 0 aromatic carbocycles. The molecule has 0 fully saturated rings. The van der Waals surface area contributed by atoms with E-state index in [0.29, 0.717) is 52.9 Å². The van der Waals surface area contributed by atoms with Crippen LogP contribution in [-0.4, -0.2) is 101 Å². The van der Waals surface area contributed by atoms with E-state index in [4.69, 9.17) is 28.8 Å². The van der Waals surface area contributed by atoms with Crippen molar-refractivity contribution in [2.45, 2.75) is 233 Å². The molecule has 2 atom stereocenters. The fourth-order valence-corrected chi connectivity index (χ4v) is 8.04. The summed E-state index contributed by atoms with van der Waals surface area (Å²) in [6.45, 7) is 16.2. The molecule has 0 amide bonds. The highest BCUT2D eigenvalue weighted by atomic mass is 16.5. The monoisotopic (exact) mass is 870 g/mol. The van der Waals surface area contributed by atoms with Crippen LogP contribution < -0.4 is 0 Å². The van der Waals surface area contributed by atoms with Gasteiger partial charge in [-0.1, -0.05) is 182 Å². The van der Waals surface area contributed by atoms with E-state index in [-0.39, 0.29) is 30.4 Å². The molecule has 1 N–H and O–H groups in total. The lowest BCUT2D eigenvalue weighted by molar-refractivity contribution is -0.150. The fraction of sp³-hybridized carbons (Fsp3) is 0.962. The summed E-state index contributed by atoms with van der Waals surface area (Å²) in [5, 5.41) is 8.82. The molecule has 364 valence electrons. The van der Waals surface area contributed by atoms with E-state index in [0.717, 1.165) is 122 Å². The van der Waals surface area contributed by atoms with E-state index < -0.39 is 0 Å². The van der Waals surface area contributed by atoms with E-state index in [2.05, 4.69) is 32.6 Å². The first-order valence-corrected chi connectivity index (χ1v) is 26.4. The number of carbonyl (C=O) groups excluding carboxylic acids is 2. The van der Waals surface area contributed by atoms with Crippen LogP contribution in [0.5, 0.6) is 0 Å². The summed E-state index contributed by atoms with van der Waals surface area (Å²) in [7, 11) is 0. The van der Waals surface area contributed by atoms with Gasteiger partial charge in [-0.15, -0.1) is 0 Å². The number of ether oxygens (including phenoxy) is 5. The number of esters is 2. The lowest BCUT2D eigenvalue weighted by Crippen LogP contribution is -2.30. The summed E-state index contributed by atoms with van der Waals surface area (Å²) < 4.78 is 28.4. The number of hydrogen-bond acceptors (Lipinski definition) is 9. The summed E-state index contributed by atoms with van der Waals surface area (Å²) in [6, 6.07) is 0. The minimum Gasteiger partial charge on any atom is -0.465 e. The van der Waals surface area contributed by atoms with E-state index in [9.17, 15) is 9.59 Å². The highest BCUT2D eigenvalue weighted by molar-refractivity contribution is 5.72. The predicted molar refractivity (Wildman–Crippen MR) is 255 cm³/mol. The van der Waals surface area contributed by atoms with Crippen LogP contribution >= 0.6 is 0 Å². The van der Waals surface area contributed by atoms with Crippen LogP contribution in [0.15, 0.2) is 0 Å². The number of hydrogen-bond donors (Lipinski definition) is 1. The minimum atomic E-state index is 0.0304. The summed E-state index contributed by atoms with van der Waals surface area (Å²) in [5.74, 6) is 0.229. The number of nitrogens with zero attached hydrogens (tertiary/aromatic N) is 1. The number of rotatable bonds is 51. The zero-order valence-electron chi connectivity index (χ0n) is 41.0. The average molecular weight is 870 g/mol. The largest absolute Gasteiger partial charge is 0.465 e. The van der Waals surface area contributed by atoms with Gasteiger partial charge in [0.05, 0.1) is 71.3 Å². The quantitative estimate of drug-likeness (QED) is 0.0473. The van der Waals surface area contributed by atoms with Crippen LogP contribution in [0, 0.1) is 11.8 Å². The summed E-state index contributed by atoms with van der Waals surface area (Å²) in [6.07, 6.45) is 37.2. The molecule has 0 spiro atoms. The molecule has 0 aliphatic heterocycles. The third kappa shape index (κ3) is 42.5. The van der Waals surface area contributed by atoms with Crippen LogP contribution in [0.2, 0.25) is 0 Å². The van der Waals surface area contributed by atoms with Crippen LogP contribution in [0.1, 0.15) is 233 Å². The molecule has 0 aromatic heterocycles. The van der Waals surface area contributed by atoms with Gasteiger partial charge in [0.15, 0.2) is 0 Å². The highest BCUT2D eigenvalue weighted by Gasteiger charge is 2.20. The van der Waals surface area contributed by atoms with Crippen LogP contribution in [-0.2, 0) is 33.3 Å². The molecule has 0 aromatic rings. The lowest BCUT2D eigenvalue weighted by Gasteiger charge is -2.22. The normalized spacial score (nSPS) is 12.6. The Kier molecular flexibility index (Phi) is 48.7. The van der Waals surface area contributed by atoms with Crippen molar-refractivity contribution in [1.29, 1.82) is 0 Å². The highest BCUT2D eigenvalue weighted by Crippen LogP contribution is 2.22. The molecule has 0 aliphatic rings. The molecule has 0 aliphatic carbocycles. The van der Waals surface area contributed by atoms with Crippen molar-refractivity contribution in [3.05, 3.63) is 0 Å². The van der Waals surface area contributed by atoms with E-state index in [1.165, 1.54) is 103 Å². The number of aliphatic hydroxyl groups excluding tert-OH is 1. The smallest absolute Gasteiger partial charge is 0.308 e. The van der Waals surface area contributed by atoms with Crippen LogP contribution in [0.25, 0.3) is 0 Å². The topological polar surface area (TPSA) is 104 Å². The van der Waals surface area contributed by atoms with Gasteiger partial charge in [-0.3, -0.25) is 9.59 Å². The Labute approximate surface area is 378 Å². The third-order valence-electron chi connectivity index (χ3n) is 12.0. The van der Waals surface area contributed by atoms with Crippen LogP contribution in [0.3, 0.4) is 0 Å². The van der Waals surface area contributed by atoms with Gasteiger partial charge >= 0.3 is 11.9 Å².